The average molecular weight is 265 g/mol. The molecule has 76 valence electrons. The lowest BCUT2D eigenvalue weighted by Gasteiger charge is -2.08. The zero-order valence-corrected chi connectivity index (χ0v) is 8.81. The van der Waals surface area contributed by atoms with Crippen LogP contribution in [0.3, 0.4) is 0 Å². The van der Waals surface area contributed by atoms with E-state index in [-0.39, 0.29) is 5.56 Å². The molecule has 1 aromatic carbocycles. The van der Waals surface area contributed by atoms with Gasteiger partial charge in [0.1, 0.15) is 5.75 Å². The molecule has 1 N–H and O–H groups in total. The first-order valence-electron chi connectivity index (χ1n) is 3.75. The van der Waals surface area contributed by atoms with Crippen molar-refractivity contribution in [2.45, 2.75) is 13.3 Å². The van der Waals surface area contributed by atoms with Crippen molar-refractivity contribution in [2.24, 2.45) is 0 Å². The molecule has 5 heteroatoms. The fourth-order valence-electron chi connectivity index (χ4n) is 1.09. The number of ketones is 1. The van der Waals surface area contributed by atoms with Crippen LogP contribution < -0.4 is 0 Å². The summed E-state index contributed by atoms with van der Waals surface area (Å²) >= 11 is 3.01. The van der Waals surface area contributed by atoms with Crippen molar-refractivity contribution in [3.8, 4) is 5.75 Å². The van der Waals surface area contributed by atoms with Crippen LogP contribution in [0.25, 0.3) is 0 Å². The summed E-state index contributed by atoms with van der Waals surface area (Å²) in [4.78, 5) is 11.0. The van der Waals surface area contributed by atoms with Gasteiger partial charge in [-0.2, -0.15) is 0 Å². The lowest BCUT2D eigenvalue weighted by atomic mass is 10.1. The molecule has 0 saturated carbocycles. The number of aromatic hydroxyl groups is 1. The molecule has 14 heavy (non-hydrogen) atoms. The van der Waals surface area contributed by atoms with Gasteiger partial charge in [-0.25, -0.2) is 8.78 Å². The van der Waals surface area contributed by atoms with Gasteiger partial charge in [-0.3, -0.25) is 4.79 Å². The average Bonchev–Trinajstić information content (AvgIpc) is 2.02. The lowest BCUT2D eigenvalue weighted by molar-refractivity contribution is 0.101. The molecule has 0 aliphatic rings. The van der Waals surface area contributed by atoms with Crippen molar-refractivity contribution in [1.29, 1.82) is 0 Å². The number of carbonyl (C=O) groups is 1. The Kier molecular flexibility index (Phi) is 3.21. The van der Waals surface area contributed by atoms with Crippen LogP contribution in [-0.2, 0) is 0 Å². The molecule has 0 saturated heterocycles. The SMILES string of the molecule is CC(=O)c1c(Br)ccc(C(F)F)c1O. The summed E-state index contributed by atoms with van der Waals surface area (Å²) in [5.41, 5.74) is -0.638. The fourth-order valence-corrected chi connectivity index (χ4v) is 1.69. The summed E-state index contributed by atoms with van der Waals surface area (Å²) in [5, 5.41) is 9.38. The Hall–Kier alpha value is -0.970. The van der Waals surface area contributed by atoms with Gasteiger partial charge in [-0.05, 0) is 35.0 Å². The van der Waals surface area contributed by atoms with Gasteiger partial charge in [0.25, 0.3) is 6.43 Å². The fraction of sp³-hybridized carbons (Fsp3) is 0.222. The second-order valence-corrected chi connectivity index (χ2v) is 3.57. The van der Waals surface area contributed by atoms with E-state index in [1.54, 1.807) is 0 Å². The number of hydrogen-bond acceptors (Lipinski definition) is 2. The van der Waals surface area contributed by atoms with Crippen LogP contribution in [0.5, 0.6) is 5.75 Å². The summed E-state index contributed by atoms with van der Waals surface area (Å²) in [7, 11) is 0. The van der Waals surface area contributed by atoms with Crippen LogP contribution in [0.1, 0.15) is 29.3 Å². The van der Waals surface area contributed by atoms with Crippen LogP contribution >= 0.6 is 15.9 Å². The number of phenols is 1. The normalized spacial score (nSPS) is 10.6. The molecule has 2 nitrogen and oxygen atoms in total. The van der Waals surface area contributed by atoms with Crippen LogP contribution in [-0.4, -0.2) is 10.9 Å². The molecule has 1 aromatic rings. The molecule has 0 heterocycles. The minimum atomic E-state index is -2.79. The Morgan fingerprint density at radius 1 is 1.50 bits per heavy atom. The van der Waals surface area contributed by atoms with E-state index in [4.69, 9.17) is 0 Å². The summed E-state index contributed by atoms with van der Waals surface area (Å²) < 4.78 is 24.9. The number of benzene rings is 1. The minimum Gasteiger partial charge on any atom is -0.507 e. The summed E-state index contributed by atoms with van der Waals surface area (Å²) in [6.45, 7) is 1.20. The zero-order chi connectivity index (χ0) is 10.9. The van der Waals surface area contributed by atoms with Gasteiger partial charge >= 0.3 is 0 Å². The highest BCUT2D eigenvalue weighted by molar-refractivity contribution is 9.10. The Labute approximate surface area is 87.7 Å². The molecule has 0 unspecified atom stereocenters. The van der Waals surface area contributed by atoms with Crippen LogP contribution in [0.2, 0.25) is 0 Å². The molecule has 0 amide bonds. The molecule has 0 fully saturated rings. The highest BCUT2D eigenvalue weighted by Crippen LogP contribution is 2.35. The Bertz CT molecular complexity index is 377. The predicted molar refractivity (Wildman–Crippen MR) is 50.8 cm³/mol. The smallest absolute Gasteiger partial charge is 0.267 e. The third kappa shape index (κ3) is 1.92. The topological polar surface area (TPSA) is 37.3 Å². The highest BCUT2D eigenvalue weighted by Gasteiger charge is 2.20. The van der Waals surface area contributed by atoms with E-state index in [1.165, 1.54) is 13.0 Å². The first kappa shape index (κ1) is 11.1. The molecular formula is C9H7BrF2O2. The van der Waals surface area contributed by atoms with Crippen LogP contribution in [0.15, 0.2) is 16.6 Å². The van der Waals surface area contributed by atoms with E-state index in [9.17, 15) is 18.7 Å². The van der Waals surface area contributed by atoms with E-state index in [1.807, 2.05) is 0 Å². The first-order valence-corrected chi connectivity index (χ1v) is 4.55. The quantitative estimate of drug-likeness (QED) is 0.833. The van der Waals surface area contributed by atoms with Gasteiger partial charge in [0.2, 0.25) is 0 Å². The van der Waals surface area contributed by atoms with E-state index in [0.717, 1.165) is 6.07 Å². The molecule has 0 aromatic heterocycles. The molecule has 0 spiro atoms. The minimum absolute atomic E-state index is 0.109. The molecule has 0 aliphatic heterocycles. The third-order valence-corrected chi connectivity index (χ3v) is 2.41. The Morgan fingerprint density at radius 2 is 2.07 bits per heavy atom. The molecule has 0 radical (unpaired) electrons. The second kappa shape index (κ2) is 4.04. The van der Waals surface area contributed by atoms with E-state index in [2.05, 4.69) is 15.9 Å². The van der Waals surface area contributed by atoms with Crippen molar-refractivity contribution < 1.29 is 18.7 Å². The van der Waals surface area contributed by atoms with Gasteiger partial charge in [0, 0.05) is 4.47 Å². The lowest BCUT2D eigenvalue weighted by Crippen LogP contribution is -1.98. The van der Waals surface area contributed by atoms with Crippen LogP contribution in [0.4, 0.5) is 8.78 Å². The second-order valence-electron chi connectivity index (χ2n) is 2.72. The molecule has 0 aliphatic carbocycles. The van der Waals surface area contributed by atoms with Crippen LogP contribution in [0, 0.1) is 0 Å². The summed E-state index contributed by atoms with van der Waals surface area (Å²) in [6.07, 6.45) is -2.79. The zero-order valence-electron chi connectivity index (χ0n) is 7.22. The van der Waals surface area contributed by atoms with E-state index in [0.29, 0.717) is 4.47 Å². The van der Waals surface area contributed by atoms with Gasteiger partial charge in [0.05, 0.1) is 11.1 Å². The molecule has 0 atom stereocenters. The number of alkyl halides is 2. The van der Waals surface area contributed by atoms with Crippen molar-refractivity contribution in [3.05, 3.63) is 27.7 Å². The maximum Gasteiger partial charge on any atom is 0.267 e. The number of phenolic OH excluding ortho intramolecular Hbond substituents is 1. The number of hydrogen-bond donors (Lipinski definition) is 1. The van der Waals surface area contributed by atoms with Gasteiger partial charge in [0.15, 0.2) is 5.78 Å². The Morgan fingerprint density at radius 3 is 2.50 bits per heavy atom. The van der Waals surface area contributed by atoms with Gasteiger partial charge in [-0.15, -0.1) is 0 Å². The molecular weight excluding hydrogens is 258 g/mol. The summed E-state index contributed by atoms with van der Waals surface area (Å²) in [6, 6.07) is 2.40. The number of Topliss-reactive ketones (excluding diaryl/α,β-unsaturated/α-hetero) is 1. The van der Waals surface area contributed by atoms with Crippen molar-refractivity contribution in [3.63, 3.8) is 0 Å². The monoisotopic (exact) mass is 264 g/mol. The first-order chi connectivity index (χ1) is 6.45. The van der Waals surface area contributed by atoms with Crippen molar-refractivity contribution >= 4 is 21.7 Å². The molecule has 1 rings (SSSR count). The third-order valence-electron chi connectivity index (χ3n) is 1.75. The maximum atomic E-state index is 12.3. The summed E-state index contributed by atoms with van der Waals surface area (Å²) in [5.74, 6) is -1.11. The Balaban J connectivity index is 3.41. The standard InChI is InChI=1S/C9H7BrF2O2/c1-4(13)7-6(10)3-2-5(8(7)14)9(11)12/h2-3,9,14H,1H3. The number of carbonyl (C=O) groups excluding carboxylic acids is 1. The number of halogens is 3. The van der Waals surface area contributed by atoms with Gasteiger partial charge in [-0.1, -0.05) is 0 Å². The van der Waals surface area contributed by atoms with E-state index < -0.39 is 23.5 Å². The number of rotatable bonds is 2. The predicted octanol–water partition coefficient (Wildman–Crippen LogP) is 3.29. The molecule has 0 bridgehead atoms. The maximum absolute atomic E-state index is 12.3. The van der Waals surface area contributed by atoms with Crippen molar-refractivity contribution in [1.82, 2.24) is 0 Å². The van der Waals surface area contributed by atoms with Crippen molar-refractivity contribution in [2.75, 3.05) is 0 Å². The largest absolute Gasteiger partial charge is 0.507 e. The van der Waals surface area contributed by atoms with Gasteiger partial charge < -0.3 is 5.11 Å². The highest BCUT2D eigenvalue weighted by atomic mass is 79.9. The van der Waals surface area contributed by atoms with E-state index >= 15 is 0 Å².